The Hall–Kier alpha value is -1.36. The van der Waals surface area contributed by atoms with E-state index in [2.05, 4.69) is 0 Å². The Balaban J connectivity index is 2.09. The minimum absolute atomic E-state index is 0.0218. The summed E-state index contributed by atoms with van der Waals surface area (Å²) in [6, 6.07) is 0. The molecule has 4 atom stereocenters. The SMILES string of the molecule is CCOC(=O)[C@H]1[C@H](C(=O)OCCO)[C@@H]2C=C[C@H]1C2. The lowest BCUT2D eigenvalue weighted by molar-refractivity contribution is -0.161. The van der Waals surface area contributed by atoms with E-state index >= 15 is 0 Å². The molecule has 0 heterocycles. The topological polar surface area (TPSA) is 72.8 Å². The summed E-state index contributed by atoms with van der Waals surface area (Å²) in [6.07, 6.45) is 4.77. The fraction of sp³-hybridized carbons (Fsp3) is 0.692. The van der Waals surface area contributed by atoms with Gasteiger partial charge in [0.2, 0.25) is 0 Å². The molecule has 5 heteroatoms. The summed E-state index contributed by atoms with van der Waals surface area (Å²) >= 11 is 0. The molecule has 0 spiro atoms. The van der Waals surface area contributed by atoms with Crippen LogP contribution in [0.15, 0.2) is 12.2 Å². The third-order valence-corrected chi connectivity index (χ3v) is 3.63. The highest BCUT2D eigenvalue weighted by Gasteiger charge is 2.52. The van der Waals surface area contributed by atoms with Gasteiger partial charge in [-0.15, -0.1) is 0 Å². The number of fused-ring (bicyclic) bond motifs is 2. The number of carbonyl (C=O) groups is 2. The lowest BCUT2D eigenvalue weighted by atomic mass is 9.83. The van der Waals surface area contributed by atoms with Crippen molar-refractivity contribution >= 4 is 11.9 Å². The predicted molar refractivity (Wildman–Crippen MR) is 62.4 cm³/mol. The first kappa shape index (κ1) is 13.1. The highest BCUT2D eigenvalue weighted by Crippen LogP contribution is 2.48. The van der Waals surface area contributed by atoms with Crippen LogP contribution in [0.5, 0.6) is 0 Å². The summed E-state index contributed by atoms with van der Waals surface area (Å²) in [6.45, 7) is 1.84. The second-order valence-corrected chi connectivity index (χ2v) is 4.64. The van der Waals surface area contributed by atoms with E-state index in [1.807, 2.05) is 12.2 Å². The molecule has 0 aromatic carbocycles. The molecule has 100 valence electrons. The predicted octanol–water partition coefficient (Wildman–Crippen LogP) is 0.523. The average molecular weight is 254 g/mol. The number of rotatable bonds is 5. The van der Waals surface area contributed by atoms with Gasteiger partial charge in [0.05, 0.1) is 25.0 Å². The minimum Gasteiger partial charge on any atom is -0.466 e. The van der Waals surface area contributed by atoms with Crippen molar-refractivity contribution in [1.82, 2.24) is 0 Å². The maximum Gasteiger partial charge on any atom is 0.310 e. The van der Waals surface area contributed by atoms with E-state index in [0.717, 1.165) is 6.42 Å². The van der Waals surface area contributed by atoms with Gasteiger partial charge in [-0.05, 0) is 25.2 Å². The summed E-state index contributed by atoms with van der Waals surface area (Å²) in [5.41, 5.74) is 0. The number of aliphatic hydroxyl groups excluding tert-OH is 1. The molecule has 0 unspecified atom stereocenters. The van der Waals surface area contributed by atoms with Gasteiger partial charge in [-0.3, -0.25) is 9.59 Å². The first-order valence-corrected chi connectivity index (χ1v) is 6.31. The van der Waals surface area contributed by atoms with Crippen LogP contribution in [0.3, 0.4) is 0 Å². The third kappa shape index (κ3) is 2.27. The Labute approximate surface area is 106 Å². The van der Waals surface area contributed by atoms with Crippen molar-refractivity contribution < 1.29 is 24.2 Å². The van der Waals surface area contributed by atoms with Crippen LogP contribution in [0.1, 0.15) is 13.3 Å². The molecule has 0 amide bonds. The van der Waals surface area contributed by atoms with E-state index in [-0.39, 0.29) is 31.0 Å². The van der Waals surface area contributed by atoms with E-state index < -0.39 is 17.8 Å². The number of allylic oxidation sites excluding steroid dienone is 2. The number of aliphatic hydroxyl groups is 1. The van der Waals surface area contributed by atoms with Crippen LogP contribution in [-0.4, -0.2) is 36.9 Å². The fourth-order valence-electron chi connectivity index (χ4n) is 2.95. The summed E-state index contributed by atoms with van der Waals surface area (Å²) in [4.78, 5) is 23.8. The molecule has 1 fully saturated rings. The maximum atomic E-state index is 11.9. The van der Waals surface area contributed by atoms with E-state index in [1.54, 1.807) is 6.92 Å². The Morgan fingerprint density at radius 3 is 2.22 bits per heavy atom. The van der Waals surface area contributed by atoms with Crippen molar-refractivity contribution in [2.24, 2.45) is 23.7 Å². The summed E-state index contributed by atoms with van der Waals surface area (Å²) in [5.74, 6) is -1.45. The van der Waals surface area contributed by atoms with Crippen LogP contribution in [0.25, 0.3) is 0 Å². The zero-order valence-corrected chi connectivity index (χ0v) is 10.4. The first-order valence-electron chi connectivity index (χ1n) is 6.31. The Kier molecular flexibility index (Phi) is 4.01. The molecular formula is C13H18O5. The third-order valence-electron chi connectivity index (χ3n) is 3.63. The Bertz CT molecular complexity index is 362. The van der Waals surface area contributed by atoms with Crippen LogP contribution >= 0.6 is 0 Å². The first-order chi connectivity index (χ1) is 8.69. The van der Waals surface area contributed by atoms with E-state index in [1.165, 1.54) is 0 Å². The van der Waals surface area contributed by atoms with Gasteiger partial charge >= 0.3 is 11.9 Å². The quantitative estimate of drug-likeness (QED) is 0.572. The highest BCUT2D eigenvalue weighted by atomic mass is 16.5. The number of hydrogen-bond donors (Lipinski definition) is 1. The van der Waals surface area contributed by atoms with Crippen LogP contribution in [-0.2, 0) is 19.1 Å². The van der Waals surface area contributed by atoms with Gasteiger partial charge in [0.1, 0.15) is 6.61 Å². The number of hydrogen-bond acceptors (Lipinski definition) is 5. The lowest BCUT2D eigenvalue weighted by Gasteiger charge is -2.24. The van der Waals surface area contributed by atoms with E-state index in [4.69, 9.17) is 14.6 Å². The molecule has 2 bridgehead atoms. The summed E-state index contributed by atoms with van der Waals surface area (Å²) in [5, 5.41) is 8.67. The second-order valence-electron chi connectivity index (χ2n) is 4.64. The van der Waals surface area contributed by atoms with Gasteiger partial charge in [0.25, 0.3) is 0 Å². The van der Waals surface area contributed by atoms with Gasteiger partial charge in [0, 0.05) is 0 Å². The second kappa shape index (κ2) is 5.52. The monoisotopic (exact) mass is 254 g/mol. The molecule has 1 N–H and O–H groups in total. The zero-order chi connectivity index (χ0) is 13.1. The van der Waals surface area contributed by atoms with Crippen molar-refractivity contribution in [3.63, 3.8) is 0 Å². The van der Waals surface area contributed by atoms with Crippen molar-refractivity contribution in [3.8, 4) is 0 Å². The molecule has 0 radical (unpaired) electrons. The average Bonchev–Trinajstić information content (AvgIpc) is 2.96. The molecular weight excluding hydrogens is 236 g/mol. The van der Waals surface area contributed by atoms with Crippen molar-refractivity contribution in [2.45, 2.75) is 13.3 Å². The Morgan fingerprint density at radius 2 is 1.72 bits per heavy atom. The molecule has 2 aliphatic carbocycles. The van der Waals surface area contributed by atoms with Crippen LogP contribution in [0, 0.1) is 23.7 Å². The van der Waals surface area contributed by atoms with Gasteiger partial charge in [-0.1, -0.05) is 12.2 Å². The normalized spacial score (nSPS) is 32.6. The van der Waals surface area contributed by atoms with Gasteiger partial charge in [-0.25, -0.2) is 0 Å². The van der Waals surface area contributed by atoms with Crippen molar-refractivity contribution in [1.29, 1.82) is 0 Å². The van der Waals surface area contributed by atoms with Gasteiger partial charge in [-0.2, -0.15) is 0 Å². The largest absolute Gasteiger partial charge is 0.466 e. The van der Waals surface area contributed by atoms with Crippen molar-refractivity contribution in [2.75, 3.05) is 19.8 Å². The molecule has 18 heavy (non-hydrogen) atoms. The molecule has 0 aromatic heterocycles. The number of esters is 2. The van der Waals surface area contributed by atoms with E-state index in [9.17, 15) is 9.59 Å². The summed E-state index contributed by atoms with van der Waals surface area (Å²) in [7, 11) is 0. The fourth-order valence-corrected chi connectivity index (χ4v) is 2.95. The molecule has 1 saturated carbocycles. The number of carbonyl (C=O) groups excluding carboxylic acids is 2. The zero-order valence-electron chi connectivity index (χ0n) is 10.4. The maximum absolute atomic E-state index is 11.9. The van der Waals surface area contributed by atoms with Crippen LogP contribution < -0.4 is 0 Å². The molecule has 2 rings (SSSR count). The molecule has 2 aliphatic rings. The molecule has 0 saturated heterocycles. The smallest absolute Gasteiger partial charge is 0.310 e. The lowest BCUT2D eigenvalue weighted by Crippen LogP contribution is -2.35. The van der Waals surface area contributed by atoms with Gasteiger partial charge in [0.15, 0.2) is 0 Å². The van der Waals surface area contributed by atoms with Crippen LogP contribution in [0.4, 0.5) is 0 Å². The molecule has 0 aliphatic heterocycles. The van der Waals surface area contributed by atoms with Crippen LogP contribution in [0.2, 0.25) is 0 Å². The summed E-state index contributed by atoms with van der Waals surface area (Å²) < 4.78 is 9.99. The minimum atomic E-state index is -0.453. The number of ether oxygens (including phenoxy) is 2. The highest BCUT2D eigenvalue weighted by molar-refractivity contribution is 5.84. The Morgan fingerprint density at radius 1 is 1.17 bits per heavy atom. The van der Waals surface area contributed by atoms with E-state index in [0.29, 0.717) is 6.61 Å². The molecule has 0 aromatic rings. The standard InChI is InChI=1S/C13H18O5/c1-2-17-12(15)10-8-3-4-9(7-8)11(10)13(16)18-6-5-14/h3-4,8-11,14H,2,5-7H2,1H3/t8-,9+,10+,11+/m0/s1. The van der Waals surface area contributed by atoms with Crippen molar-refractivity contribution in [3.05, 3.63) is 12.2 Å². The van der Waals surface area contributed by atoms with Gasteiger partial charge < -0.3 is 14.6 Å². The molecule has 5 nitrogen and oxygen atoms in total.